The molecule has 0 unspecified atom stereocenters. The van der Waals surface area contributed by atoms with Crippen LogP contribution in [0.15, 0.2) is 8.47 Å². The number of aliphatic hydroxyl groups excluding tert-OH is 2. The molecule has 0 aliphatic rings. The monoisotopic (exact) mass is 244 g/mol. The van der Waals surface area contributed by atoms with Gasteiger partial charge in [0.1, 0.15) is 0 Å². The molecular formula is C6H12O2S4. The molecule has 12 heavy (non-hydrogen) atoms. The van der Waals surface area contributed by atoms with Gasteiger partial charge in [-0.1, -0.05) is 0 Å². The molecule has 0 saturated carbocycles. The summed E-state index contributed by atoms with van der Waals surface area (Å²) < 4.78 is 1.59. The summed E-state index contributed by atoms with van der Waals surface area (Å²) in [6.45, 7) is 0.279. The predicted octanol–water partition coefficient (Wildman–Crippen LogP) is 1.42. The van der Waals surface area contributed by atoms with Crippen molar-refractivity contribution in [2.45, 2.75) is 0 Å². The molecule has 0 atom stereocenters. The zero-order valence-electron chi connectivity index (χ0n) is 6.43. The predicted molar refractivity (Wildman–Crippen MR) is 64.1 cm³/mol. The molecule has 0 heterocycles. The van der Waals surface area contributed by atoms with E-state index in [9.17, 15) is 0 Å². The molecule has 0 aromatic rings. The third-order valence-corrected chi connectivity index (χ3v) is 4.40. The molecule has 0 radical (unpaired) electrons. The molecule has 0 amide bonds. The van der Waals surface area contributed by atoms with Gasteiger partial charge in [-0.15, -0.1) is 48.8 Å². The molecule has 0 aromatic heterocycles. The van der Waals surface area contributed by atoms with Gasteiger partial charge in [-0.3, -0.25) is 0 Å². The van der Waals surface area contributed by atoms with Crippen LogP contribution in [0.5, 0.6) is 0 Å². The maximum absolute atomic E-state index is 8.52. The van der Waals surface area contributed by atoms with Crippen molar-refractivity contribution in [3.05, 3.63) is 8.47 Å². The minimum Gasteiger partial charge on any atom is -0.396 e. The van der Waals surface area contributed by atoms with Crippen LogP contribution in [0.25, 0.3) is 0 Å². The zero-order chi connectivity index (χ0) is 9.40. The molecule has 2 N–H and O–H groups in total. The lowest BCUT2D eigenvalue weighted by Gasteiger charge is -2.03. The molecule has 0 aliphatic heterocycles. The van der Waals surface area contributed by atoms with Gasteiger partial charge in [-0.05, 0) is 0 Å². The summed E-state index contributed by atoms with van der Waals surface area (Å²) in [5.74, 6) is 1.26. The lowest BCUT2D eigenvalue weighted by molar-refractivity contribution is 0.322. The van der Waals surface area contributed by atoms with Crippen LogP contribution in [0.2, 0.25) is 0 Å². The second-order valence-corrected chi connectivity index (χ2v) is 5.46. The third kappa shape index (κ3) is 6.56. The molecule has 0 saturated heterocycles. The summed E-state index contributed by atoms with van der Waals surface area (Å²) in [6.07, 6.45) is 0. The van der Waals surface area contributed by atoms with Crippen LogP contribution in [-0.4, -0.2) is 34.9 Å². The summed E-state index contributed by atoms with van der Waals surface area (Å²) >= 11 is 11.3. The van der Waals surface area contributed by atoms with Crippen molar-refractivity contribution in [1.82, 2.24) is 0 Å². The van der Waals surface area contributed by atoms with Gasteiger partial charge in [0, 0.05) is 11.5 Å². The Kier molecular flexibility index (Phi) is 9.41. The fraction of sp³-hybridized carbons (Fsp3) is 0.667. The van der Waals surface area contributed by atoms with Crippen LogP contribution in [0.3, 0.4) is 0 Å². The Balaban J connectivity index is 3.72. The van der Waals surface area contributed by atoms with E-state index in [0.717, 1.165) is 8.47 Å². The Morgan fingerprint density at radius 2 is 1.25 bits per heavy atom. The Morgan fingerprint density at radius 3 is 1.50 bits per heavy atom. The summed E-state index contributed by atoms with van der Waals surface area (Å²) in [5.41, 5.74) is 0. The van der Waals surface area contributed by atoms with Gasteiger partial charge in [0.2, 0.25) is 0 Å². The molecule has 0 fully saturated rings. The Hall–Kier alpha value is 1.06. The van der Waals surface area contributed by atoms with Crippen LogP contribution < -0.4 is 0 Å². The molecule has 0 aliphatic carbocycles. The smallest absolute Gasteiger partial charge is 0.0570 e. The molecule has 72 valence electrons. The van der Waals surface area contributed by atoms with Crippen LogP contribution in [-0.2, 0) is 0 Å². The van der Waals surface area contributed by atoms with E-state index in [2.05, 4.69) is 25.3 Å². The Morgan fingerprint density at radius 1 is 0.917 bits per heavy atom. The van der Waals surface area contributed by atoms with E-state index in [1.807, 2.05) is 0 Å². The number of aliphatic hydroxyl groups is 2. The molecule has 2 nitrogen and oxygen atoms in total. The SMILES string of the molecule is OCCSC(S)=C(S)SCCO. The number of hydrogen-bond acceptors (Lipinski definition) is 6. The summed E-state index contributed by atoms with van der Waals surface area (Å²) in [6, 6.07) is 0. The van der Waals surface area contributed by atoms with Crippen LogP contribution in [0, 0.1) is 0 Å². The summed E-state index contributed by atoms with van der Waals surface area (Å²) in [7, 11) is 0. The number of rotatable bonds is 6. The van der Waals surface area contributed by atoms with Gasteiger partial charge in [0.15, 0.2) is 0 Å². The van der Waals surface area contributed by atoms with E-state index >= 15 is 0 Å². The highest BCUT2D eigenvalue weighted by Crippen LogP contribution is 2.32. The summed E-state index contributed by atoms with van der Waals surface area (Å²) in [4.78, 5) is 0. The van der Waals surface area contributed by atoms with Gasteiger partial charge in [-0.25, -0.2) is 0 Å². The van der Waals surface area contributed by atoms with E-state index in [1.165, 1.54) is 23.5 Å². The van der Waals surface area contributed by atoms with Gasteiger partial charge in [-0.2, -0.15) is 0 Å². The molecule has 0 bridgehead atoms. The topological polar surface area (TPSA) is 40.5 Å². The molecule has 0 rings (SSSR count). The lowest BCUT2D eigenvalue weighted by Crippen LogP contribution is -1.87. The van der Waals surface area contributed by atoms with E-state index in [0.29, 0.717) is 11.5 Å². The minimum atomic E-state index is 0.139. The van der Waals surface area contributed by atoms with Gasteiger partial charge >= 0.3 is 0 Å². The number of thiol groups is 2. The Labute approximate surface area is 92.0 Å². The maximum atomic E-state index is 8.52. The van der Waals surface area contributed by atoms with Crippen molar-refractivity contribution < 1.29 is 10.2 Å². The van der Waals surface area contributed by atoms with E-state index in [4.69, 9.17) is 10.2 Å². The highest BCUT2D eigenvalue weighted by molar-refractivity contribution is 8.21. The fourth-order valence-electron chi connectivity index (χ4n) is 0.408. The zero-order valence-corrected chi connectivity index (χ0v) is 9.86. The van der Waals surface area contributed by atoms with Crippen molar-refractivity contribution in [3.8, 4) is 0 Å². The van der Waals surface area contributed by atoms with Crippen molar-refractivity contribution in [2.24, 2.45) is 0 Å². The van der Waals surface area contributed by atoms with Crippen LogP contribution >= 0.6 is 48.8 Å². The Bertz CT molecular complexity index is 132. The standard InChI is InChI=1S/C6H12O2S4/c7-1-3-11-5(9)6(10)12-4-2-8/h7-10H,1-4H2. The number of thioether (sulfide) groups is 2. The highest BCUT2D eigenvalue weighted by atomic mass is 32.2. The molecule has 0 spiro atoms. The van der Waals surface area contributed by atoms with Crippen LogP contribution in [0.1, 0.15) is 0 Å². The third-order valence-electron chi connectivity index (χ3n) is 0.843. The second-order valence-electron chi connectivity index (χ2n) is 1.75. The van der Waals surface area contributed by atoms with Gasteiger partial charge in [0.25, 0.3) is 0 Å². The van der Waals surface area contributed by atoms with Crippen molar-refractivity contribution >= 4 is 48.8 Å². The minimum absolute atomic E-state index is 0.139. The van der Waals surface area contributed by atoms with Gasteiger partial charge < -0.3 is 10.2 Å². The first-order valence-electron chi connectivity index (χ1n) is 3.32. The number of hydrogen-bond donors (Lipinski definition) is 4. The first-order chi connectivity index (χ1) is 5.72. The van der Waals surface area contributed by atoms with Crippen molar-refractivity contribution in [3.63, 3.8) is 0 Å². The first-order valence-corrected chi connectivity index (χ1v) is 6.18. The second kappa shape index (κ2) is 8.65. The first kappa shape index (κ1) is 13.1. The largest absolute Gasteiger partial charge is 0.396 e. The van der Waals surface area contributed by atoms with Crippen LogP contribution in [0.4, 0.5) is 0 Å². The molecular weight excluding hydrogens is 232 g/mol. The quantitative estimate of drug-likeness (QED) is 0.534. The maximum Gasteiger partial charge on any atom is 0.0570 e. The van der Waals surface area contributed by atoms with E-state index in [1.54, 1.807) is 0 Å². The average molecular weight is 244 g/mol. The normalized spacial score (nSPS) is 13.0. The highest BCUT2D eigenvalue weighted by Gasteiger charge is 1.99. The average Bonchev–Trinajstić information content (AvgIpc) is 2.10. The summed E-state index contributed by atoms with van der Waals surface area (Å²) in [5, 5.41) is 17.0. The van der Waals surface area contributed by atoms with Gasteiger partial charge in [0.05, 0.1) is 21.7 Å². The van der Waals surface area contributed by atoms with E-state index in [-0.39, 0.29) is 13.2 Å². The fourth-order valence-corrected chi connectivity index (χ4v) is 2.51. The van der Waals surface area contributed by atoms with E-state index < -0.39 is 0 Å². The molecule has 6 heteroatoms. The molecule has 0 aromatic carbocycles. The lowest BCUT2D eigenvalue weighted by atomic mass is 10.9. The van der Waals surface area contributed by atoms with Crippen molar-refractivity contribution in [1.29, 1.82) is 0 Å². The van der Waals surface area contributed by atoms with Crippen molar-refractivity contribution in [2.75, 3.05) is 24.7 Å².